The third kappa shape index (κ3) is 4.15. The number of sulfonamides is 1. The van der Waals surface area contributed by atoms with Crippen LogP contribution in [0.3, 0.4) is 0 Å². The first-order valence-electron chi connectivity index (χ1n) is 5.09. The summed E-state index contributed by atoms with van der Waals surface area (Å²) in [6.07, 6.45) is -0.482. The molecule has 0 aliphatic rings. The molecule has 0 aliphatic carbocycles. The number of nitrogens with zero attached hydrogens (tertiary/aromatic N) is 1. The van der Waals surface area contributed by atoms with Crippen LogP contribution in [-0.2, 0) is 16.4 Å². The van der Waals surface area contributed by atoms with Gasteiger partial charge in [-0.15, -0.1) is 0 Å². The number of rotatable bonds is 5. The molecule has 0 radical (unpaired) electrons. The van der Waals surface area contributed by atoms with Gasteiger partial charge in [-0.1, -0.05) is 12.1 Å². The predicted molar refractivity (Wildman–Crippen MR) is 62.6 cm³/mol. The van der Waals surface area contributed by atoms with E-state index in [9.17, 15) is 8.42 Å². The SMILES string of the molecule is CC(O)CNS(=O)(=O)c1ccc(CC#N)cc1. The van der Waals surface area contributed by atoms with E-state index in [0.717, 1.165) is 5.56 Å². The number of aliphatic hydroxyl groups excluding tert-OH is 1. The lowest BCUT2D eigenvalue weighted by atomic mass is 10.2. The number of hydrogen-bond acceptors (Lipinski definition) is 4. The summed E-state index contributed by atoms with van der Waals surface area (Å²) in [4.78, 5) is 0.125. The molecule has 1 aromatic carbocycles. The van der Waals surface area contributed by atoms with E-state index in [1.54, 1.807) is 12.1 Å². The zero-order valence-electron chi connectivity index (χ0n) is 9.42. The molecule has 0 bridgehead atoms. The monoisotopic (exact) mass is 254 g/mol. The molecule has 1 rings (SSSR count). The maximum atomic E-state index is 11.7. The lowest BCUT2D eigenvalue weighted by Gasteiger charge is -2.08. The zero-order valence-corrected chi connectivity index (χ0v) is 10.2. The Bertz CT molecular complexity index is 501. The van der Waals surface area contributed by atoms with Gasteiger partial charge >= 0.3 is 0 Å². The smallest absolute Gasteiger partial charge is 0.240 e. The van der Waals surface area contributed by atoms with Gasteiger partial charge < -0.3 is 5.11 Å². The molecule has 5 nitrogen and oxygen atoms in total. The number of hydrogen-bond donors (Lipinski definition) is 2. The van der Waals surface area contributed by atoms with Crippen molar-refractivity contribution in [3.8, 4) is 6.07 Å². The van der Waals surface area contributed by atoms with Crippen LogP contribution in [-0.4, -0.2) is 26.2 Å². The van der Waals surface area contributed by atoms with E-state index in [1.165, 1.54) is 19.1 Å². The molecule has 0 aromatic heterocycles. The highest BCUT2D eigenvalue weighted by Crippen LogP contribution is 2.10. The largest absolute Gasteiger partial charge is 0.392 e. The van der Waals surface area contributed by atoms with Crippen molar-refractivity contribution in [2.75, 3.05) is 6.54 Å². The first-order valence-corrected chi connectivity index (χ1v) is 6.57. The van der Waals surface area contributed by atoms with E-state index < -0.39 is 16.1 Å². The second-order valence-corrected chi connectivity index (χ2v) is 5.45. The van der Waals surface area contributed by atoms with Crippen LogP contribution in [0.15, 0.2) is 29.2 Å². The average molecular weight is 254 g/mol. The van der Waals surface area contributed by atoms with Crippen LogP contribution in [0.4, 0.5) is 0 Å². The summed E-state index contributed by atoms with van der Waals surface area (Å²) in [5, 5.41) is 17.5. The average Bonchev–Trinajstić information content (AvgIpc) is 2.28. The summed E-state index contributed by atoms with van der Waals surface area (Å²) in [7, 11) is -3.58. The Morgan fingerprint density at radius 1 is 1.41 bits per heavy atom. The van der Waals surface area contributed by atoms with Gasteiger partial charge in [0.1, 0.15) is 0 Å². The fraction of sp³-hybridized carbons (Fsp3) is 0.364. The quantitative estimate of drug-likeness (QED) is 0.796. The molecule has 0 fully saturated rings. The van der Waals surface area contributed by atoms with E-state index in [1.807, 2.05) is 6.07 Å². The Labute approximate surface area is 101 Å². The van der Waals surface area contributed by atoms with E-state index in [4.69, 9.17) is 10.4 Å². The van der Waals surface area contributed by atoms with Gasteiger partial charge in [-0.05, 0) is 24.6 Å². The number of benzene rings is 1. The molecule has 1 aromatic rings. The van der Waals surface area contributed by atoms with E-state index >= 15 is 0 Å². The molecule has 1 atom stereocenters. The fourth-order valence-electron chi connectivity index (χ4n) is 1.19. The van der Waals surface area contributed by atoms with E-state index in [2.05, 4.69) is 4.72 Å². The van der Waals surface area contributed by atoms with Crippen molar-refractivity contribution in [1.29, 1.82) is 5.26 Å². The van der Waals surface area contributed by atoms with Gasteiger partial charge in [-0.25, -0.2) is 13.1 Å². The second-order valence-electron chi connectivity index (χ2n) is 3.68. The number of nitriles is 1. The first-order chi connectivity index (χ1) is 7.95. The highest BCUT2D eigenvalue weighted by molar-refractivity contribution is 7.89. The Morgan fingerprint density at radius 3 is 2.47 bits per heavy atom. The molecule has 0 aliphatic heterocycles. The number of nitrogens with one attached hydrogen (secondary N) is 1. The van der Waals surface area contributed by atoms with Gasteiger partial charge in [-0.3, -0.25) is 0 Å². The summed E-state index contributed by atoms with van der Waals surface area (Å²) in [5.41, 5.74) is 0.766. The van der Waals surface area contributed by atoms with Crippen LogP contribution in [0.1, 0.15) is 12.5 Å². The Kier molecular flexibility index (Phi) is 4.63. The lowest BCUT2D eigenvalue weighted by Crippen LogP contribution is -2.30. The molecule has 6 heteroatoms. The molecule has 17 heavy (non-hydrogen) atoms. The Morgan fingerprint density at radius 2 is 2.00 bits per heavy atom. The summed E-state index contributed by atoms with van der Waals surface area (Å²) in [6.45, 7) is 1.47. The zero-order chi connectivity index (χ0) is 12.9. The molecule has 2 N–H and O–H groups in total. The fourth-order valence-corrected chi connectivity index (χ4v) is 2.31. The number of aliphatic hydroxyl groups is 1. The summed E-state index contributed by atoms with van der Waals surface area (Å²) < 4.78 is 25.7. The van der Waals surface area contributed by atoms with Gasteiger partial charge in [0.15, 0.2) is 0 Å². The van der Waals surface area contributed by atoms with Crippen LogP contribution >= 0.6 is 0 Å². The first kappa shape index (κ1) is 13.6. The van der Waals surface area contributed by atoms with Gasteiger partial charge in [0.2, 0.25) is 10.0 Å². The molecule has 0 spiro atoms. The van der Waals surface area contributed by atoms with Crippen LogP contribution < -0.4 is 4.72 Å². The summed E-state index contributed by atoms with van der Waals surface area (Å²) in [6, 6.07) is 8.06. The van der Waals surface area contributed by atoms with E-state index in [-0.39, 0.29) is 17.9 Å². The second kappa shape index (κ2) is 5.77. The highest BCUT2D eigenvalue weighted by atomic mass is 32.2. The minimum atomic E-state index is -3.58. The van der Waals surface area contributed by atoms with Crippen LogP contribution in [0.5, 0.6) is 0 Å². The van der Waals surface area contributed by atoms with Crippen LogP contribution in [0.2, 0.25) is 0 Å². The standard InChI is InChI=1S/C11H14N2O3S/c1-9(14)8-13-17(15,16)11-4-2-10(3-5-11)6-7-12/h2-5,9,13-14H,6,8H2,1H3. The maximum Gasteiger partial charge on any atom is 0.240 e. The molecule has 0 saturated heterocycles. The third-order valence-electron chi connectivity index (χ3n) is 2.09. The van der Waals surface area contributed by atoms with Gasteiger partial charge in [0.05, 0.1) is 23.5 Å². The highest BCUT2D eigenvalue weighted by Gasteiger charge is 2.13. The minimum absolute atomic E-state index is 0.0255. The molecule has 0 saturated carbocycles. The third-order valence-corrected chi connectivity index (χ3v) is 3.53. The van der Waals surface area contributed by atoms with Crippen molar-refractivity contribution in [3.63, 3.8) is 0 Å². The molecular formula is C11H14N2O3S. The summed E-state index contributed by atoms with van der Waals surface area (Å²) >= 11 is 0. The molecule has 1 unspecified atom stereocenters. The normalized spacial score (nSPS) is 13.0. The minimum Gasteiger partial charge on any atom is -0.392 e. The van der Waals surface area contributed by atoms with Crippen molar-refractivity contribution in [3.05, 3.63) is 29.8 Å². The van der Waals surface area contributed by atoms with Crippen molar-refractivity contribution >= 4 is 10.0 Å². The van der Waals surface area contributed by atoms with Crippen LogP contribution in [0, 0.1) is 11.3 Å². The maximum absolute atomic E-state index is 11.7. The van der Waals surface area contributed by atoms with Gasteiger partial charge in [0.25, 0.3) is 0 Å². The van der Waals surface area contributed by atoms with Gasteiger partial charge in [-0.2, -0.15) is 5.26 Å². The van der Waals surface area contributed by atoms with E-state index in [0.29, 0.717) is 0 Å². The van der Waals surface area contributed by atoms with Crippen LogP contribution in [0.25, 0.3) is 0 Å². The van der Waals surface area contributed by atoms with Crippen molar-refractivity contribution in [1.82, 2.24) is 4.72 Å². The van der Waals surface area contributed by atoms with Crippen molar-refractivity contribution in [2.45, 2.75) is 24.3 Å². The topological polar surface area (TPSA) is 90.2 Å². The summed E-state index contributed by atoms with van der Waals surface area (Å²) in [5.74, 6) is 0. The Balaban J connectivity index is 2.82. The Hall–Kier alpha value is -1.42. The molecule has 0 amide bonds. The molecule has 0 heterocycles. The molecular weight excluding hydrogens is 240 g/mol. The predicted octanol–water partition coefficient (Wildman–Crippen LogP) is 0.412. The molecule has 92 valence electrons. The van der Waals surface area contributed by atoms with Crippen molar-refractivity contribution in [2.24, 2.45) is 0 Å². The lowest BCUT2D eigenvalue weighted by molar-refractivity contribution is 0.198. The van der Waals surface area contributed by atoms with Gasteiger partial charge in [0, 0.05) is 6.54 Å². The van der Waals surface area contributed by atoms with Crippen molar-refractivity contribution < 1.29 is 13.5 Å².